The predicted molar refractivity (Wildman–Crippen MR) is 256 cm³/mol. The molecular formula is C58H35N3S. The van der Waals surface area contributed by atoms with Gasteiger partial charge in [-0.3, -0.25) is 0 Å². The molecule has 0 saturated heterocycles. The lowest BCUT2D eigenvalue weighted by Crippen LogP contribution is -2.25. The molecule has 288 valence electrons. The third-order valence-electron chi connectivity index (χ3n) is 13.0. The third kappa shape index (κ3) is 5.02. The molecule has 0 atom stereocenters. The molecule has 0 fully saturated rings. The van der Waals surface area contributed by atoms with Crippen molar-refractivity contribution in [2.75, 3.05) is 0 Å². The van der Waals surface area contributed by atoms with Crippen molar-refractivity contribution in [2.24, 2.45) is 0 Å². The van der Waals surface area contributed by atoms with Gasteiger partial charge in [-0.15, -0.1) is 11.3 Å². The van der Waals surface area contributed by atoms with Crippen LogP contribution in [0.4, 0.5) is 0 Å². The van der Waals surface area contributed by atoms with Crippen LogP contribution < -0.4 is 0 Å². The molecule has 1 spiro atoms. The lowest BCUT2D eigenvalue weighted by molar-refractivity contribution is 0.794. The normalized spacial score (nSPS) is 13.0. The number of hydrogen-bond donors (Lipinski definition) is 0. The maximum absolute atomic E-state index is 5.31. The second-order valence-corrected chi connectivity index (χ2v) is 17.2. The lowest BCUT2D eigenvalue weighted by atomic mass is 9.70. The molecule has 0 amide bonds. The largest absolute Gasteiger partial charge is 0.208 e. The molecule has 2 aliphatic carbocycles. The number of rotatable bonds is 5. The first-order valence-corrected chi connectivity index (χ1v) is 21.9. The van der Waals surface area contributed by atoms with E-state index in [2.05, 4.69) is 194 Å². The van der Waals surface area contributed by atoms with Crippen LogP contribution in [0.25, 0.3) is 98.8 Å². The van der Waals surface area contributed by atoms with Crippen LogP contribution in [0, 0.1) is 0 Å². The number of thiophene rings is 1. The first-order valence-electron chi connectivity index (χ1n) is 21.1. The van der Waals surface area contributed by atoms with Gasteiger partial charge < -0.3 is 0 Å². The molecule has 11 aromatic rings. The molecule has 4 heteroatoms. The van der Waals surface area contributed by atoms with Gasteiger partial charge in [0, 0.05) is 36.9 Å². The zero-order chi connectivity index (χ0) is 40.8. The summed E-state index contributed by atoms with van der Waals surface area (Å²) in [5.41, 5.74) is 17.4. The fourth-order valence-electron chi connectivity index (χ4n) is 10.4. The first kappa shape index (κ1) is 35.0. The highest BCUT2D eigenvalue weighted by atomic mass is 32.1. The molecule has 2 aromatic heterocycles. The van der Waals surface area contributed by atoms with Crippen molar-refractivity contribution >= 4 is 31.5 Å². The molecule has 13 rings (SSSR count). The van der Waals surface area contributed by atoms with Crippen molar-refractivity contribution in [1.82, 2.24) is 15.0 Å². The summed E-state index contributed by atoms with van der Waals surface area (Å²) in [4.78, 5) is 15.7. The Balaban J connectivity index is 0.984. The van der Waals surface area contributed by atoms with Crippen LogP contribution >= 0.6 is 11.3 Å². The minimum Gasteiger partial charge on any atom is -0.208 e. The maximum Gasteiger partial charge on any atom is 0.164 e. The molecule has 0 radical (unpaired) electrons. The van der Waals surface area contributed by atoms with Crippen LogP contribution in [0.2, 0.25) is 0 Å². The van der Waals surface area contributed by atoms with Gasteiger partial charge >= 0.3 is 0 Å². The molecular weight excluding hydrogens is 771 g/mol. The summed E-state index contributed by atoms with van der Waals surface area (Å²) in [7, 11) is 0. The smallest absolute Gasteiger partial charge is 0.164 e. The highest BCUT2D eigenvalue weighted by Gasteiger charge is 2.52. The molecule has 3 nitrogen and oxygen atoms in total. The minimum atomic E-state index is -0.431. The molecule has 0 N–H and O–H groups in total. The molecule has 2 aliphatic rings. The Hall–Kier alpha value is -7.79. The van der Waals surface area contributed by atoms with Gasteiger partial charge in [0.2, 0.25) is 0 Å². The number of fused-ring (bicyclic) bond motifs is 13. The summed E-state index contributed by atoms with van der Waals surface area (Å²) in [5, 5.41) is 2.59. The zero-order valence-corrected chi connectivity index (χ0v) is 34.3. The van der Waals surface area contributed by atoms with E-state index in [9.17, 15) is 0 Å². The van der Waals surface area contributed by atoms with Crippen molar-refractivity contribution in [2.45, 2.75) is 5.41 Å². The van der Waals surface area contributed by atoms with E-state index in [4.69, 9.17) is 15.0 Å². The van der Waals surface area contributed by atoms with Crippen LogP contribution in [0.3, 0.4) is 0 Å². The van der Waals surface area contributed by atoms with E-state index in [0.717, 1.165) is 33.4 Å². The SMILES string of the molecule is c1ccc(-c2nc(-c3ccc(-c4cccc5c4sc4ccccc45)cc3)nc(-c3ccccc3-c3cccc4c3-c3ccccc3C43c4ccccc4-c4ccccc43)n2)cc1. The van der Waals surface area contributed by atoms with Crippen LogP contribution in [0.15, 0.2) is 212 Å². The van der Waals surface area contributed by atoms with Crippen LogP contribution in [0.5, 0.6) is 0 Å². The van der Waals surface area contributed by atoms with Crippen LogP contribution in [0.1, 0.15) is 22.3 Å². The Kier molecular flexibility index (Phi) is 7.69. The van der Waals surface area contributed by atoms with Crippen LogP contribution in [-0.2, 0) is 5.41 Å². The Morgan fingerprint density at radius 3 is 1.48 bits per heavy atom. The number of benzene rings is 9. The van der Waals surface area contributed by atoms with Gasteiger partial charge in [0.25, 0.3) is 0 Å². The monoisotopic (exact) mass is 805 g/mol. The van der Waals surface area contributed by atoms with Gasteiger partial charge in [0.15, 0.2) is 17.5 Å². The molecule has 0 aliphatic heterocycles. The van der Waals surface area contributed by atoms with Crippen molar-refractivity contribution in [3.05, 3.63) is 235 Å². The van der Waals surface area contributed by atoms with Crippen molar-refractivity contribution in [3.63, 3.8) is 0 Å². The molecule has 62 heavy (non-hydrogen) atoms. The number of aromatic nitrogens is 3. The summed E-state index contributed by atoms with van der Waals surface area (Å²) < 4.78 is 2.60. The van der Waals surface area contributed by atoms with Crippen molar-refractivity contribution < 1.29 is 0 Å². The molecule has 0 bridgehead atoms. The van der Waals surface area contributed by atoms with Crippen molar-refractivity contribution in [3.8, 4) is 78.7 Å². The van der Waals surface area contributed by atoms with E-state index in [0.29, 0.717) is 17.5 Å². The number of nitrogens with zero attached hydrogens (tertiary/aromatic N) is 3. The van der Waals surface area contributed by atoms with Gasteiger partial charge in [-0.1, -0.05) is 206 Å². The van der Waals surface area contributed by atoms with Gasteiger partial charge in [0.1, 0.15) is 0 Å². The van der Waals surface area contributed by atoms with E-state index in [1.807, 2.05) is 29.5 Å². The second-order valence-electron chi connectivity index (χ2n) is 16.2. The summed E-state index contributed by atoms with van der Waals surface area (Å²) in [6, 6.07) is 76.6. The van der Waals surface area contributed by atoms with Gasteiger partial charge in [-0.2, -0.15) is 0 Å². The average molecular weight is 806 g/mol. The van der Waals surface area contributed by atoms with Crippen molar-refractivity contribution in [1.29, 1.82) is 0 Å². The zero-order valence-electron chi connectivity index (χ0n) is 33.5. The third-order valence-corrected chi connectivity index (χ3v) is 14.2. The summed E-state index contributed by atoms with van der Waals surface area (Å²) >= 11 is 1.85. The average Bonchev–Trinajstić information content (AvgIpc) is 3.99. The first-order chi connectivity index (χ1) is 30.8. The maximum atomic E-state index is 5.31. The van der Waals surface area contributed by atoms with E-state index >= 15 is 0 Å². The van der Waals surface area contributed by atoms with Gasteiger partial charge in [-0.25, -0.2) is 15.0 Å². The summed E-state index contributed by atoms with van der Waals surface area (Å²) in [5.74, 6) is 1.91. The van der Waals surface area contributed by atoms with Gasteiger partial charge in [0.05, 0.1) is 5.41 Å². The molecule has 0 unspecified atom stereocenters. The Labute approximate surface area is 363 Å². The molecule has 9 aromatic carbocycles. The standard InChI is InChI=1S/C58H35N3S/c1-2-16-37(17-3-1)55-59-56(38-34-32-36(33-35-38)39-24-14-26-45-43-21-9-13-31-52(43)62-54(39)45)61-57(60-55)46-22-5-4-18-40(46)44-25-15-30-51-53(44)47-23-8-12-29-50(47)58(51)48-27-10-6-19-41(48)42-20-7-11-28-49(42)58/h1-35H. The van der Waals surface area contributed by atoms with E-state index in [1.54, 1.807) is 0 Å². The minimum absolute atomic E-state index is 0.431. The topological polar surface area (TPSA) is 38.7 Å². The highest BCUT2D eigenvalue weighted by molar-refractivity contribution is 7.26. The fraction of sp³-hybridized carbons (Fsp3) is 0.0172. The molecule has 2 heterocycles. The predicted octanol–water partition coefficient (Wildman–Crippen LogP) is 14.9. The van der Waals surface area contributed by atoms with Gasteiger partial charge in [-0.05, 0) is 72.8 Å². The lowest BCUT2D eigenvalue weighted by Gasteiger charge is -2.30. The van der Waals surface area contributed by atoms with E-state index in [1.165, 1.54) is 70.2 Å². The Bertz CT molecular complexity index is 3540. The Morgan fingerprint density at radius 1 is 0.290 bits per heavy atom. The summed E-state index contributed by atoms with van der Waals surface area (Å²) in [6.45, 7) is 0. The van der Waals surface area contributed by atoms with E-state index in [-0.39, 0.29) is 0 Å². The van der Waals surface area contributed by atoms with Crippen LogP contribution in [-0.4, -0.2) is 15.0 Å². The Morgan fingerprint density at radius 2 is 0.758 bits per heavy atom. The quantitative estimate of drug-likeness (QED) is 0.174. The summed E-state index contributed by atoms with van der Waals surface area (Å²) in [6.07, 6.45) is 0. The second kappa shape index (κ2) is 13.6. The molecule has 0 saturated carbocycles. The van der Waals surface area contributed by atoms with E-state index < -0.39 is 5.41 Å². The number of hydrogen-bond acceptors (Lipinski definition) is 4. The fourth-order valence-corrected chi connectivity index (χ4v) is 11.6. The highest BCUT2D eigenvalue weighted by Crippen LogP contribution is 2.64.